The lowest BCUT2D eigenvalue weighted by atomic mass is 10.0. The van der Waals surface area contributed by atoms with Gasteiger partial charge in [0.25, 0.3) is 5.69 Å². The summed E-state index contributed by atoms with van der Waals surface area (Å²) in [5, 5.41) is 16.6. The van der Waals surface area contributed by atoms with E-state index in [2.05, 4.69) is 30.6 Å². The number of benzene rings is 1. The lowest BCUT2D eigenvalue weighted by Crippen LogP contribution is -2.24. The molecular weight excluding hydrogens is 284 g/mol. The summed E-state index contributed by atoms with van der Waals surface area (Å²) in [6, 6.07) is 11.4. The number of non-ortho nitro benzene ring substituents is 1. The van der Waals surface area contributed by atoms with Crippen LogP contribution in [0.1, 0.15) is 49.2 Å². The Morgan fingerprint density at radius 3 is 2.76 bits per heavy atom. The Balaban J connectivity index is 2.18. The van der Waals surface area contributed by atoms with Crippen LogP contribution in [-0.4, -0.2) is 4.92 Å². The Kier molecular flexibility index (Phi) is 5.47. The van der Waals surface area contributed by atoms with Crippen molar-refractivity contribution in [2.24, 2.45) is 0 Å². The Morgan fingerprint density at radius 1 is 1.33 bits per heavy atom. The number of hydrogen-bond donors (Lipinski definition) is 1. The summed E-state index contributed by atoms with van der Waals surface area (Å²) in [7, 11) is 0. The fourth-order valence-electron chi connectivity index (χ4n) is 2.41. The highest BCUT2D eigenvalue weighted by Crippen LogP contribution is 2.27. The van der Waals surface area contributed by atoms with Crippen LogP contribution in [0, 0.1) is 10.1 Å². The second-order valence-corrected chi connectivity index (χ2v) is 6.08. The molecule has 21 heavy (non-hydrogen) atoms. The molecule has 1 N–H and O–H groups in total. The number of nitro benzene ring substituents is 1. The van der Waals surface area contributed by atoms with Gasteiger partial charge in [-0.2, -0.15) is 0 Å². The summed E-state index contributed by atoms with van der Waals surface area (Å²) >= 11 is 1.72. The van der Waals surface area contributed by atoms with Gasteiger partial charge in [-0.05, 0) is 30.4 Å². The molecule has 1 aromatic carbocycles. The summed E-state index contributed by atoms with van der Waals surface area (Å²) in [4.78, 5) is 11.9. The van der Waals surface area contributed by atoms with Crippen LogP contribution in [0.25, 0.3) is 0 Å². The third-order valence-corrected chi connectivity index (χ3v) is 4.54. The molecule has 5 heteroatoms. The molecule has 0 aliphatic carbocycles. The standard InChI is InChI=1S/C16H20N2O2S/c1-3-6-15(17-12(2)16-9-5-10-21-16)13-7-4-8-14(11-13)18(19)20/h4-5,7-12,15,17H,3,6H2,1-2H3/t12-,15?/m0/s1. The van der Waals surface area contributed by atoms with E-state index in [0.29, 0.717) is 0 Å². The molecule has 1 heterocycles. The second-order valence-electron chi connectivity index (χ2n) is 5.10. The molecular formula is C16H20N2O2S. The van der Waals surface area contributed by atoms with Gasteiger partial charge in [0.15, 0.2) is 0 Å². The molecule has 0 saturated heterocycles. The Morgan fingerprint density at radius 2 is 2.14 bits per heavy atom. The fourth-order valence-corrected chi connectivity index (χ4v) is 3.16. The van der Waals surface area contributed by atoms with Crippen molar-refractivity contribution in [3.05, 3.63) is 62.3 Å². The maximum atomic E-state index is 10.9. The highest BCUT2D eigenvalue weighted by molar-refractivity contribution is 7.10. The number of nitrogens with zero attached hydrogens (tertiary/aromatic N) is 1. The molecule has 2 rings (SSSR count). The molecule has 112 valence electrons. The van der Waals surface area contributed by atoms with E-state index in [-0.39, 0.29) is 22.7 Å². The highest BCUT2D eigenvalue weighted by Gasteiger charge is 2.17. The molecule has 0 radical (unpaired) electrons. The highest BCUT2D eigenvalue weighted by atomic mass is 32.1. The number of nitro groups is 1. The molecule has 2 atom stereocenters. The number of thiophene rings is 1. The third kappa shape index (κ3) is 4.12. The molecule has 0 spiro atoms. The minimum absolute atomic E-state index is 0.131. The molecule has 0 bridgehead atoms. The van der Waals surface area contributed by atoms with E-state index in [0.717, 1.165) is 18.4 Å². The number of hydrogen-bond acceptors (Lipinski definition) is 4. The van der Waals surface area contributed by atoms with Crippen LogP contribution in [0.4, 0.5) is 5.69 Å². The van der Waals surface area contributed by atoms with Crippen molar-refractivity contribution in [2.45, 2.75) is 38.8 Å². The van der Waals surface area contributed by atoms with Gasteiger partial charge in [0.05, 0.1) is 4.92 Å². The first-order valence-electron chi connectivity index (χ1n) is 7.15. The van der Waals surface area contributed by atoms with Gasteiger partial charge in [-0.3, -0.25) is 10.1 Å². The van der Waals surface area contributed by atoms with E-state index in [1.54, 1.807) is 23.5 Å². The molecule has 0 aliphatic heterocycles. The minimum Gasteiger partial charge on any atom is -0.303 e. The quantitative estimate of drug-likeness (QED) is 0.587. The maximum Gasteiger partial charge on any atom is 0.269 e. The Hall–Kier alpha value is -1.72. The van der Waals surface area contributed by atoms with Gasteiger partial charge in [0, 0.05) is 29.1 Å². The van der Waals surface area contributed by atoms with E-state index < -0.39 is 0 Å². The van der Waals surface area contributed by atoms with Crippen LogP contribution >= 0.6 is 11.3 Å². The largest absolute Gasteiger partial charge is 0.303 e. The number of nitrogens with one attached hydrogen (secondary N) is 1. The monoisotopic (exact) mass is 304 g/mol. The van der Waals surface area contributed by atoms with Gasteiger partial charge in [-0.15, -0.1) is 11.3 Å². The third-order valence-electron chi connectivity index (χ3n) is 3.48. The lowest BCUT2D eigenvalue weighted by Gasteiger charge is -2.23. The average molecular weight is 304 g/mol. The van der Waals surface area contributed by atoms with Gasteiger partial charge in [0.1, 0.15) is 0 Å². The van der Waals surface area contributed by atoms with Crippen LogP contribution in [-0.2, 0) is 0 Å². The zero-order chi connectivity index (χ0) is 15.2. The predicted octanol–water partition coefficient (Wildman–Crippen LogP) is 4.85. The minimum atomic E-state index is -0.338. The summed E-state index contributed by atoms with van der Waals surface area (Å²) in [6.45, 7) is 4.26. The van der Waals surface area contributed by atoms with Gasteiger partial charge in [0.2, 0.25) is 0 Å². The zero-order valence-electron chi connectivity index (χ0n) is 12.3. The predicted molar refractivity (Wildman–Crippen MR) is 86.6 cm³/mol. The molecule has 0 fully saturated rings. The van der Waals surface area contributed by atoms with Crippen molar-refractivity contribution in [2.75, 3.05) is 0 Å². The first-order valence-corrected chi connectivity index (χ1v) is 8.03. The van der Waals surface area contributed by atoms with Crippen molar-refractivity contribution in [1.82, 2.24) is 5.32 Å². The topological polar surface area (TPSA) is 55.2 Å². The molecule has 2 aromatic rings. The smallest absolute Gasteiger partial charge is 0.269 e. The zero-order valence-corrected chi connectivity index (χ0v) is 13.1. The molecule has 1 aromatic heterocycles. The summed E-state index contributed by atoms with van der Waals surface area (Å²) < 4.78 is 0. The van der Waals surface area contributed by atoms with Gasteiger partial charge < -0.3 is 5.32 Å². The van der Waals surface area contributed by atoms with Crippen LogP contribution < -0.4 is 5.32 Å². The Bertz CT molecular complexity index is 584. The second kappa shape index (κ2) is 7.33. The lowest BCUT2D eigenvalue weighted by molar-refractivity contribution is -0.384. The van der Waals surface area contributed by atoms with Crippen LogP contribution in [0.5, 0.6) is 0 Å². The van der Waals surface area contributed by atoms with E-state index >= 15 is 0 Å². The van der Waals surface area contributed by atoms with Crippen LogP contribution in [0.3, 0.4) is 0 Å². The molecule has 0 amide bonds. The van der Waals surface area contributed by atoms with Crippen molar-refractivity contribution >= 4 is 17.0 Å². The van der Waals surface area contributed by atoms with Crippen LogP contribution in [0.15, 0.2) is 41.8 Å². The van der Waals surface area contributed by atoms with Crippen molar-refractivity contribution in [3.8, 4) is 0 Å². The SMILES string of the molecule is CCCC(N[C@@H](C)c1cccs1)c1cccc([N+](=O)[O-])c1. The average Bonchev–Trinajstić information content (AvgIpc) is 3.01. The Labute approximate surface area is 129 Å². The summed E-state index contributed by atoms with van der Waals surface area (Å²) in [5.74, 6) is 0. The molecule has 1 unspecified atom stereocenters. The molecule has 0 aliphatic rings. The molecule has 4 nitrogen and oxygen atoms in total. The van der Waals surface area contributed by atoms with Gasteiger partial charge in [-0.1, -0.05) is 31.5 Å². The first-order chi connectivity index (χ1) is 10.1. The van der Waals surface area contributed by atoms with Gasteiger partial charge in [-0.25, -0.2) is 0 Å². The summed E-state index contributed by atoms with van der Waals surface area (Å²) in [6.07, 6.45) is 1.98. The van der Waals surface area contributed by atoms with Crippen molar-refractivity contribution < 1.29 is 4.92 Å². The first kappa shape index (κ1) is 15.7. The van der Waals surface area contributed by atoms with Crippen LogP contribution in [0.2, 0.25) is 0 Å². The van der Waals surface area contributed by atoms with E-state index in [4.69, 9.17) is 0 Å². The van der Waals surface area contributed by atoms with Crippen molar-refractivity contribution in [3.63, 3.8) is 0 Å². The van der Waals surface area contributed by atoms with Crippen molar-refractivity contribution in [1.29, 1.82) is 0 Å². The normalized spacial score (nSPS) is 13.8. The van der Waals surface area contributed by atoms with Gasteiger partial charge >= 0.3 is 0 Å². The van der Waals surface area contributed by atoms with E-state index in [1.165, 1.54) is 10.9 Å². The number of rotatable bonds is 7. The fraction of sp³-hybridized carbons (Fsp3) is 0.375. The van der Waals surface area contributed by atoms with E-state index in [1.807, 2.05) is 12.1 Å². The summed E-state index contributed by atoms with van der Waals surface area (Å²) in [5.41, 5.74) is 1.13. The molecule has 0 saturated carbocycles. The maximum absolute atomic E-state index is 10.9. The van der Waals surface area contributed by atoms with E-state index in [9.17, 15) is 10.1 Å².